The molecule has 3 rings (SSSR count). The van der Waals surface area contributed by atoms with Gasteiger partial charge in [-0.3, -0.25) is 9.52 Å². The summed E-state index contributed by atoms with van der Waals surface area (Å²) in [5.41, 5.74) is 0.912. The molecule has 1 aliphatic carbocycles. The fourth-order valence-electron chi connectivity index (χ4n) is 2.40. The van der Waals surface area contributed by atoms with Gasteiger partial charge in [0, 0.05) is 16.1 Å². The van der Waals surface area contributed by atoms with Crippen LogP contribution in [0.2, 0.25) is 0 Å². The fourth-order valence-corrected chi connectivity index (χ4v) is 3.89. The monoisotopic (exact) mass is 452 g/mol. The molecule has 27 heavy (non-hydrogen) atoms. The first kappa shape index (κ1) is 19.4. The number of anilines is 2. The molecule has 1 amide bonds. The minimum atomic E-state index is -3.93. The summed E-state index contributed by atoms with van der Waals surface area (Å²) >= 11 is 3.20. The zero-order chi connectivity index (χ0) is 19.6. The Balaban J connectivity index is 1.82. The first-order chi connectivity index (χ1) is 12.8. The van der Waals surface area contributed by atoms with Gasteiger partial charge < -0.3 is 10.1 Å². The van der Waals surface area contributed by atoms with Crippen LogP contribution in [0, 0.1) is 5.92 Å². The number of benzene rings is 2. The van der Waals surface area contributed by atoms with Crippen LogP contribution in [0.4, 0.5) is 11.4 Å². The summed E-state index contributed by atoms with van der Waals surface area (Å²) in [7, 11) is -2.72. The molecule has 1 saturated carbocycles. The number of nitrogens with one attached hydrogen (secondary N) is 2. The molecule has 0 heterocycles. The Labute approximate surface area is 165 Å². The minimum absolute atomic E-state index is 0.0462. The van der Waals surface area contributed by atoms with E-state index < -0.39 is 16.0 Å². The fraction of sp³-hybridized carbons (Fsp3) is 0.222. The second kappa shape index (κ2) is 7.69. The van der Waals surface area contributed by atoms with E-state index in [4.69, 9.17) is 0 Å². The quantitative estimate of drug-likeness (QED) is 0.653. The zero-order valence-electron chi connectivity index (χ0n) is 14.4. The van der Waals surface area contributed by atoms with E-state index in [1.54, 1.807) is 18.2 Å². The van der Waals surface area contributed by atoms with Gasteiger partial charge in [0.2, 0.25) is 5.91 Å². The molecular formula is C18H17BrN2O5S. The van der Waals surface area contributed by atoms with Crippen molar-refractivity contribution >= 4 is 49.2 Å². The number of ether oxygens (including phenoxy) is 1. The number of sulfonamides is 1. The van der Waals surface area contributed by atoms with Gasteiger partial charge in [0.15, 0.2) is 0 Å². The van der Waals surface area contributed by atoms with Crippen molar-refractivity contribution in [2.24, 2.45) is 5.92 Å². The highest BCUT2D eigenvalue weighted by Crippen LogP contribution is 2.30. The molecule has 0 aromatic heterocycles. The van der Waals surface area contributed by atoms with Crippen molar-refractivity contribution in [2.75, 3.05) is 17.1 Å². The molecule has 7 nitrogen and oxygen atoms in total. The van der Waals surface area contributed by atoms with Gasteiger partial charge >= 0.3 is 5.97 Å². The van der Waals surface area contributed by atoms with E-state index in [-0.39, 0.29) is 22.3 Å². The predicted octanol–water partition coefficient (Wildman–Crippen LogP) is 3.39. The van der Waals surface area contributed by atoms with Crippen molar-refractivity contribution in [3.8, 4) is 0 Å². The average Bonchev–Trinajstić information content (AvgIpc) is 3.46. The lowest BCUT2D eigenvalue weighted by Gasteiger charge is -2.11. The van der Waals surface area contributed by atoms with Crippen LogP contribution < -0.4 is 10.0 Å². The van der Waals surface area contributed by atoms with Gasteiger partial charge in [-0.1, -0.05) is 6.07 Å². The summed E-state index contributed by atoms with van der Waals surface area (Å²) in [5, 5.41) is 2.77. The van der Waals surface area contributed by atoms with Crippen molar-refractivity contribution in [3.63, 3.8) is 0 Å². The smallest absolute Gasteiger partial charge is 0.339 e. The summed E-state index contributed by atoms with van der Waals surface area (Å²) in [6, 6.07) is 10.5. The van der Waals surface area contributed by atoms with Crippen molar-refractivity contribution in [2.45, 2.75) is 17.7 Å². The van der Waals surface area contributed by atoms with Gasteiger partial charge in [-0.15, -0.1) is 0 Å². The van der Waals surface area contributed by atoms with Crippen LogP contribution in [0.5, 0.6) is 0 Å². The maximum absolute atomic E-state index is 12.7. The number of carbonyl (C=O) groups is 2. The van der Waals surface area contributed by atoms with E-state index in [1.807, 2.05) is 0 Å². The third kappa shape index (κ3) is 4.67. The maximum Gasteiger partial charge on any atom is 0.339 e. The Morgan fingerprint density at radius 2 is 1.81 bits per heavy atom. The summed E-state index contributed by atoms with van der Waals surface area (Å²) < 4.78 is 32.9. The van der Waals surface area contributed by atoms with Crippen LogP contribution in [-0.2, 0) is 19.6 Å². The van der Waals surface area contributed by atoms with Crippen molar-refractivity contribution in [1.82, 2.24) is 0 Å². The molecule has 0 bridgehead atoms. The van der Waals surface area contributed by atoms with Gasteiger partial charge in [0.25, 0.3) is 10.0 Å². The molecule has 0 aliphatic heterocycles. The summed E-state index contributed by atoms with van der Waals surface area (Å²) in [5.74, 6) is -0.667. The molecule has 0 spiro atoms. The standard InChI is InChI=1S/C18H17BrN2O5S/c1-26-18(23)15-10-14(7-8-16(15)19)27(24,25)21-13-4-2-3-12(9-13)20-17(22)11-5-6-11/h2-4,7-11,21H,5-6H2,1H3,(H,20,22). The largest absolute Gasteiger partial charge is 0.465 e. The average molecular weight is 453 g/mol. The molecule has 2 N–H and O–H groups in total. The first-order valence-corrected chi connectivity index (χ1v) is 10.4. The topological polar surface area (TPSA) is 102 Å². The molecular weight excluding hydrogens is 436 g/mol. The molecule has 1 aliphatic rings. The minimum Gasteiger partial charge on any atom is -0.465 e. The normalized spacial score (nSPS) is 13.7. The van der Waals surface area contributed by atoms with Crippen molar-refractivity contribution in [3.05, 3.63) is 52.5 Å². The van der Waals surface area contributed by atoms with Crippen LogP contribution in [0.1, 0.15) is 23.2 Å². The van der Waals surface area contributed by atoms with E-state index in [0.717, 1.165) is 12.8 Å². The number of hydrogen-bond donors (Lipinski definition) is 2. The SMILES string of the molecule is COC(=O)c1cc(S(=O)(=O)Nc2cccc(NC(=O)C3CC3)c2)ccc1Br. The lowest BCUT2D eigenvalue weighted by atomic mass is 10.2. The number of halogens is 1. The van der Waals surface area contributed by atoms with Crippen LogP contribution in [-0.4, -0.2) is 27.4 Å². The number of hydrogen-bond acceptors (Lipinski definition) is 5. The van der Waals surface area contributed by atoms with E-state index >= 15 is 0 Å². The van der Waals surface area contributed by atoms with Crippen LogP contribution in [0.15, 0.2) is 51.8 Å². The van der Waals surface area contributed by atoms with Crippen molar-refractivity contribution < 1.29 is 22.7 Å². The Hall–Kier alpha value is -2.39. The summed E-state index contributed by atoms with van der Waals surface area (Å²) in [6.07, 6.45) is 1.76. The van der Waals surface area contributed by atoms with Crippen LogP contribution in [0.25, 0.3) is 0 Å². The lowest BCUT2D eigenvalue weighted by Crippen LogP contribution is -2.15. The van der Waals surface area contributed by atoms with Gasteiger partial charge in [-0.05, 0) is 65.2 Å². The Morgan fingerprint density at radius 1 is 1.11 bits per heavy atom. The predicted molar refractivity (Wildman–Crippen MR) is 104 cm³/mol. The first-order valence-electron chi connectivity index (χ1n) is 8.12. The summed E-state index contributed by atoms with van der Waals surface area (Å²) in [4.78, 5) is 23.5. The molecule has 2 aromatic carbocycles. The Bertz CT molecular complexity index is 1000. The summed E-state index contributed by atoms with van der Waals surface area (Å²) in [6.45, 7) is 0. The van der Waals surface area contributed by atoms with Gasteiger partial charge in [0.05, 0.1) is 23.3 Å². The second-order valence-electron chi connectivity index (χ2n) is 6.08. The third-order valence-corrected chi connectivity index (χ3v) is 6.05. The number of carbonyl (C=O) groups excluding carboxylic acids is 2. The molecule has 0 saturated heterocycles. The molecule has 1 fully saturated rings. The molecule has 2 aromatic rings. The number of amides is 1. The number of methoxy groups -OCH3 is 1. The van der Waals surface area contributed by atoms with Gasteiger partial charge in [-0.25, -0.2) is 13.2 Å². The molecule has 0 atom stereocenters. The highest BCUT2D eigenvalue weighted by Gasteiger charge is 2.29. The lowest BCUT2D eigenvalue weighted by molar-refractivity contribution is -0.117. The maximum atomic E-state index is 12.7. The van der Waals surface area contributed by atoms with Crippen LogP contribution >= 0.6 is 15.9 Å². The number of esters is 1. The molecule has 9 heteroatoms. The molecule has 142 valence electrons. The van der Waals surface area contributed by atoms with E-state index in [2.05, 4.69) is 30.7 Å². The Morgan fingerprint density at radius 3 is 2.48 bits per heavy atom. The highest BCUT2D eigenvalue weighted by molar-refractivity contribution is 9.10. The van der Waals surface area contributed by atoms with Gasteiger partial charge in [0.1, 0.15) is 0 Å². The molecule has 0 unspecified atom stereocenters. The third-order valence-electron chi connectivity index (χ3n) is 3.98. The number of rotatable bonds is 6. The zero-order valence-corrected chi connectivity index (χ0v) is 16.8. The molecule has 0 radical (unpaired) electrons. The highest BCUT2D eigenvalue weighted by atomic mass is 79.9. The van der Waals surface area contributed by atoms with E-state index in [0.29, 0.717) is 15.8 Å². The van der Waals surface area contributed by atoms with Crippen molar-refractivity contribution in [1.29, 1.82) is 0 Å². The Kier molecular flexibility index (Phi) is 5.52. The van der Waals surface area contributed by atoms with Crippen LogP contribution in [0.3, 0.4) is 0 Å². The van der Waals surface area contributed by atoms with E-state index in [9.17, 15) is 18.0 Å². The van der Waals surface area contributed by atoms with E-state index in [1.165, 1.54) is 31.4 Å². The van der Waals surface area contributed by atoms with Gasteiger partial charge in [-0.2, -0.15) is 0 Å². The second-order valence-corrected chi connectivity index (χ2v) is 8.62.